The number of fused-ring (bicyclic) bond motifs is 1. The first kappa shape index (κ1) is 28.1. The van der Waals surface area contributed by atoms with E-state index < -0.39 is 21.2 Å². The van der Waals surface area contributed by atoms with Crippen LogP contribution in [0, 0.1) is 0 Å². The fourth-order valence-corrected chi connectivity index (χ4v) is 4.54. The molecule has 0 fully saturated rings. The van der Waals surface area contributed by atoms with Gasteiger partial charge in [0.2, 0.25) is 16.0 Å². The number of carbonyl (C=O) groups excluding carboxylic acids is 1. The number of carbonyl (C=O) groups is 1. The molecular formula is C28H34N6O4S. The normalized spacial score (nSPS) is 11.8. The molecule has 0 saturated heterocycles. The van der Waals surface area contributed by atoms with Crippen molar-refractivity contribution in [1.82, 2.24) is 24.6 Å². The first-order chi connectivity index (χ1) is 18.5. The Kier molecular flexibility index (Phi) is 8.51. The molecule has 11 heteroatoms. The fourth-order valence-electron chi connectivity index (χ4n) is 3.82. The van der Waals surface area contributed by atoms with Crippen LogP contribution in [-0.2, 0) is 17.1 Å². The van der Waals surface area contributed by atoms with Crippen LogP contribution in [0.1, 0.15) is 49.7 Å². The number of amides is 1. The number of imidazole rings is 1. The largest absolute Gasteiger partial charge is 0.457 e. The van der Waals surface area contributed by atoms with Crippen molar-refractivity contribution in [3.05, 3.63) is 72.1 Å². The van der Waals surface area contributed by atoms with Gasteiger partial charge in [-0.25, -0.2) is 18.1 Å². The summed E-state index contributed by atoms with van der Waals surface area (Å²) in [6.45, 7) is 7.72. The molecule has 0 unspecified atom stereocenters. The minimum absolute atomic E-state index is 0.0898. The first-order valence-electron chi connectivity index (χ1n) is 12.8. The predicted molar refractivity (Wildman–Crippen MR) is 153 cm³/mol. The Hall–Kier alpha value is -3.96. The average molecular weight is 551 g/mol. The summed E-state index contributed by atoms with van der Waals surface area (Å²) in [6, 6.07) is 17.1. The van der Waals surface area contributed by atoms with Gasteiger partial charge in [-0.05, 0) is 55.7 Å². The van der Waals surface area contributed by atoms with Gasteiger partial charge in [0.1, 0.15) is 17.2 Å². The molecule has 0 saturated carbocycles. The Bertz CT molecular complexity index is 1580. The molecule has 0 aliphatic heterocycles. The number of nitrogens with zero attached hydrogens (tertiary/aromatic N) is 3. The molecule has 0 spiro atoms. The Labute approximate surface area is 228 Å². The lowest BCUT2D eigenvalue weighted by atomic mass is 10.0. The second kappa shape index (κ2) is 11.8. The first-order valence-corrected chi connectivity index (χ1v) is 14.3. The van der Waals surface area contributed by atoms with Gasteiger partial charge in [0.15, 0.2) is 0 Å². The lowest BCUT2D eigenvalue weighted by Crippen LogP contribution is -2.37. The molecule has 4 aromatic rings. The Morgan fingerprint density at radius 3 is 2.51 bits per heavy atom. The monoisotopic (exact) mass is 550 g/mol. The fraction of sp³-hybridized carbons (Fsp3) is 0.321. The molecule has 2 aromatic heterocycles. The summed E-state index contributed by atoms with van der Waals surface area (Å²) in [5, 5.41) is 5.52. The number of ether oxygens (including phenoxy) is 1. The summed E-state index contributed by atoms with van der Waals surface area (Å²) >= 11 is 0. The molecule has 1 amide bonds. The molecule has 0 aliphatic carbocycles. The molecule has 2 aromatic carbocycles. The molecule has 3 N–H and O–H groups in total. The summed E-state index contributed by atoms with van der Waals surface area (Å²) in [5.74, 6) is 1.71. The molecule has 2 heterocycles. The minimum Gasteiger partial charge on any atom is -0.457 e. The van der Waals surface area contributed by atoms with E-state index >= 15 is 0 Å². The van der Waals surface area contributed by atoms with E-state index in [4.69, 9.17) is 9.72 Å². The smallest absolute Gasteiger partial charge is 0.270 e. The highest BCUT2D eigenvalue weighted by atomic mass is 32.2. The van der Waals surface area contributed by atoms with Gasteiger partial charge in [0, 0.05) is 44.2 Å². The van der Waals surface area contributed by atoms with Crippen molar-refractivity contribution in [2.45, 2.75) is 38.9 Å². The van der Waals surface area contributed by atoms with Gasteiger partial charge in [0.05, 0.1) is 16.3 Å². The minimum atomic E-state index is -3.39. The highest BCUT2D eigenvalue weighted by Crippen LogP contribution is 2.29. The zero-order chi connectivity index (χ0) is 28.2. The van der Waals surface area contributed by atoms with E-state index in [1.165, 1.54) is 17.8 Å². The van der Waals surface area contributed by atoms with E-state index in [0.717, 1.165) is 16.7 Å². The second-order valence-corrected chi connectivity index (χ2v) is 12.1. The van der Waals surface area contributed by atoms with Crippen molar-refractivity contribution >= 4 is 38.6 Å². The molecule has 206 valence electrons. The maximum absolute atomic E-state index is 12.5. The van der Waals surface area contributed by atoms with E-state index in [0.29, 0.717) is 23.4 Å². The number of hydrogen-bond donors (Lipinski definition) is 3. The third kappa shape index (κ3) is 6.92. The van der Waals surface area contributed by atoms with E-state index in [-0.39, 0.29) is 18.8 Å². The predicted octanol–water partition coefficient (Wildman–Crippen LogP) is 4.69. The number of aromatic nitrogens is 3. The molecule has 0 atom stereocenters. The van der Waals surface area contributed by atoms with E-state index in [1.54, 1.807) is 19.9 Å². The molecule has 0 bridgehead atoms. The van der Waals surface area contributed by atoms with Crippen LogP contribution in [0.15, 0.2) is 60.8 Å². The highest BCUT2D eigenvalue weighted by Gasteiger charge is 2.15. The molecule has 4 rings (SSSR count). The molecule has 10 nitrogen and oxygen atoms in total. The zero-order valence-corrected chi connectivity index (χ0v) is 23.5. The summed E-state index contributed by atoms with van der Waals surface area (Å²) < 4.78 is 34.1. The van der Waals surface area contributed by atoms with Crippen molar-refractivity contribution < 1.29 is 17.9 Å². The van der Waals surface area contributed by atoms with Gasteiger partial charge in [-0.15, -0.1) is 0 Å². The third-order valence-electron chi connectivity index (χ3n) is 6.20. The van der Waals surface area contributed by atoms with Crippen LogP contribution in [0.25, 0.3) is 11.0 Å². The van der Waals surface area contributed by atoms with Crippen molar-refractivity contribution in [2.24, 2.45) is 7.05 Å². The maximum atomic E-state index is 12.5. The van der Waals surface area contributed by atoms with Crippen LogP contribution in [-0.4, -0.2) is 47.2 Å². The van der Waals surface area contributed by atoms with Gasteiger partial charge in [-0.1, -0.05) is 26.0 Å². The Balaban J connectivity index is 1.42. The summed E-state index contributed by atoms with van der Waals surface area (Å²) in [5.41, 5.74) is 4.07. The molecule has 0 aliphatic rings. The van der Waals surface area contributed by atoms with Crippen molar-refractivity contribution in [3.63, 3.8) is 0 Å². The SMILES string of the molecule is CC(C)c1cccc(Nc2nc3cc(Oc4ccnc(C(=O)NCCNS(=O)(=O)C(C)C)c4)ccc3n2C)c1. The summed E-state index contributed by atoms with van der Waals surface area (Å²) in [4.78, 5) is 21.4. The van der Waals surface area contributed by atoms with Crippen LogP contribution >= 0.6 is 0 Å². The van der Waals surface area contributed by atoms with Crippen molar-refractivity contribution in [3.8, 4) is 11.5 Å². The number of rotatable bonds is 11. The van der Waals surface area contributed by atoms with Crippen molar-refractivity contribution in [1.29, 1.82) is 0 Å². The molecular weight excluding hydrogens is 516 g/mol. The summed E-state index contributed by atoms with van der Waals surface area (Å²) in [7, 11) is -1.44. The number of nitrogens with one attached hydrogen (secondary N) is 3. The number of aryl methyl sites for hydroxylation is 1. The Morgan fingerprint density at radius 2 is 1.77 bits per heavy atom. The van der Waals surface area contributed by atoms with Crippen LogP contribution in [0.4, 0.5) is 11.6 Å². The Morgan fingerprint density at radius 1 is 1.00 bits per heavy atom. The topological polar surface area (TPSA) is 127 Å². The lowest BCUT2D eigenvalue weighted by Gasteiger charge is -2.10. The van der Waals surface area contributed by atoms with E-state index in [2.05, 4.69) is 46.3 Å². The second-order valence-electron chi connectivity index (χ2n) is 9.77. The van der Waals surface area contributed by atoms with Gasteiger partial charge in [0.25, 0.3) is 5.91 Å². The number of sulfonamides is 1. The van der Waals surface area contributed by atoms with Crippen LogP contribution in [0.2, 0.25) is 0 Å². The van der Waals surface area contributed by atoms with Crippen molar-refractivity contribution in [2.75, 3.05) is 18.4 Å². The molecule has 39 heavy (non-hydrogen) atoms. The van der Waals surface area contributed by atoms with Crippen LogP contribution < -0.4 is 20.1 Å². The maximum Gasteiger partial charge on any atom is 0.270 e. The zero-order valence-electron chi connectivity index (χ0n) is 22.7. The highest BCUT2D eigenvalue weighted by molar-refractivity contribution is 7.90. The lowest BCUT2D eigenvalue weighted by molar-refractivity contribution is 0.0949. The summed E-state index contributed by atoms with van der Waals surface area (Å²) in [6.07, 6.45) is 1.48. The number of anilines is 2. The van der Waals surface area contributed by atoms with Crippen LogP contribution in [0.3, 0.4) is 0 Å². The van der Waals surface area contributed by atoms with Gasteiger partial charge in [-0.3, -0.25) is 9.78 Å². The quantitative estimate of drug-likeness (QED) is 0.231. The third-order valence-corrected chi connectivity index (χ3v) is 8.04. The number of hydrogen-bond acceptors (Lipinski definition) is 7. The van der Waals surface area contributed by atoms with E-state index in [1.807, 2.05) is 41.9 Å². The standard InChI is InChI=1S/C28H34N6O4S/c1-18(2)20-7-6-8-21(15-20)32-28-33-24-16-22(9-10-26(24)34(28)5)38-23-11-12-29-25(17-23)27(35)30-13-14-31-39(36,37)19(3)4/h6-12,15-19,31H,13-14H2,1-5H3,(H,30,35)(H,32,33). The van der Waals surface area contributed by atoms with Gasteiger partial charge in [-0.2, -0.15) is 0 Å². The molecule has 0 radical (unpaired) electrons. The average Bonchev–Trinajstić information content (AvgIpc) is 3.20. The number of benzene rings is 2. The van der Waals surface area contributed by atoms with Gasteiger partial charge >= 0.3 is 0 Å². The van der Waals surface area contributed by atoms with Crippen LogP contribution in [0.5, 0.6) is 11.5 Å². The van der Waals surface area contributed by atoms with Gasteiger partial charge < -0.3 is 19.9 Å². The number of pyridine rings is 1. The van der Waals surface area contributed by atoms with E-state index in [9.17, 15) is 13.2 Å².